The molecule has 1 heterocycles. The van der Waals surface area contributed by atoms with Crippen molar-refractivity contribution in [1.29, 1.82) is 0 Å². The molecule has 1 aromatic carbocycles. The lowest BCUT2D eigenvalue weighted by Gasteiger charge is -2.34. The lowest BCUT2D eigenvalue weighted by molar-refractivity contribution is -0.119. The molecule has 0 saturated heterocycles. The van der Waals surface area contributed by atoms with Crippen molar-refractivity contribution in [2.45, 2.75) is 25.8 Å². The SMILES string of the molecule is C[C@@H](C(N)=O)N1CCCc2ccccc21. The number of benzene rings is 1. The zero-order valence-electron chi connectivity index (χ0n) is 8.94. The van der Waals surface area contributed by atoms with E-state index in [2.05, 4.69) is 17.0 Å². The zero-order valence-corrected chi connectivity index (χ0v) is 8.94. The van der Waals surface area contributed by atoms with E-state index < -0.39 is 0 Å². The van der Waals surface area contributed by atoms with Crippen LogP contribution in [0.15, 0.2) is 24.3 Å². The van der Waals surface area contributed by atoms with Gasteiger partial charge in [-0.05, 0) is 31.4 Å². The number of anilines is 1. The minimum absolute atomic E-state index is 0.216. The summed E-state index contributed by atoms with van der Waals surface area (Å²) in [5.74, 6) is -0.258. The average molecular weight is 204 g/mol. The van der Waals surface area contributed by atoms with E-state index in [1.807, 2.05) is 19.1 Å². The summed E-state index contributed by atoms with van der Waals surface area (Å²) in [6.45, 7) is 2.78. The van der Waals surface area contributed by atoms with Crippen molar-refractivity contribution in [1.82, 2.24) is 0 Å². The Balaban J connectivity index is 2.33. The average Bonchev–Trinajstić information content (AvgIpc) is 2.27. The molecule has 80 valence electrons. The maximum atomic E-state index is 11.2. The number of primary amides is 1. The van der Waals surface area contributed by atoms with Crippen LogP contribution in [0.2, 0.25) is 0 Å². The maximum absolute atomic E-state index is 11.2. The number of rotatable bonds is 2. The molecule has 0 fully saturated rings. The molecule has 2 N–H and O–H groups in total. The van der Waals surface area contributed by atoms with Gasteiger partial charge in [-0.3, -0.25) is 4.79 Å². The molecule has 0 radical (unpaired) electrons. The van der Waals surface area contributed by atoms with E-state index in [0.29, 0.717) is 0 Å². The normalized spacial score (nSPS) is 17.0. The Bertz CT molecular complexity index is 376. The van der Waals surface area contributed by atoms with Gasteiger partial charge in [0.1, 0.15) is 6.04 Å². The Morgan fingerprint density at radius 3 is 2.93 bits per heavy atom. The summed E-state index contributed by atoms with van der Waals surface area (Å²) in [7, 11) is 0. The van der Waals surface area contributed by atoms with Crippen molar-refractivity contribution in [3.63, 3.8) is 0 Å². The Hall–Kier alpha value is -1.51. The van der Waals surface area contributed by atoms with Gasteiger partial charge in [-0.2, -0.15) is 0 Å². The number of fused-ring (bicyclic) bond motifs is 1. The van der Waals surface area contributed by atoms with Crippen LogP contribution in [0.5, 0.6) is 0 Å². The first kappa shape index (κ1) is 10.0. The molecular formula is C12H16N2O. The summed E-state index contributed by atoms with van der Waals surface area (Å²) in [5, 5.41) is 0. The second-order valence-electron chi connectivity index (χ2n) is 4.00. The van der Waals surface area contributed by atoms with Crippen LogP contribution in [0, 0.1) is 0 Å². The summed E-state index contributed by atoms with van der Waals surface area (Å²) in [6.07, 6.45) is 2.19. The standard InChI is InChI=1S/C12H16N2O/c1-9(12(13)15)14-8-4-6-10-5-2-3-7-11(10)14/h2-3,5,7,9H,4,6,8H2,1H3,(H2,13,15)/t9-/m0/s1. The van der Waals surface area contributed by atoms with Gasteiger partial charge in [-0.1, -0.05) is 18.2 Å². The predicted molar refractivity (Wildman–Crippen MR) is 60.8 cm³/mol. The fourth-order valence-corrected chi connectivity index (χ4v) is 2.12. The molecule has 2 rings (SSSR count). The van der Waals surface area contributed by atoms with Crippen LogP contribution in [0.3, 0.4) is 0 Å². The molecule has 1 atom stereocenters. The fourth-order valence-electron chi connectivity index (χ4n) is 2.12. The van der Waals surface area contributed by atoms with Gasteiger partial charge in [0.2, 0.25) is 5.91 Å². The summed E-state index contributed by atoms with van der Waals surface area (Å²) < 4.78 is 0. The first-order valence-corrected chi connectivity index (χ1v) is 5.34. The van der Waals surface area contributed by atoms with E-state index in [1.165, 1.54) is 5.56 Å². The van der Waals surface area contributed by atoms with E-state index in [-0.39, 0.29) is 11.9 Å². The third-order valence-corrected chi connectivity index (χ3v) is 3.03. The number of nitrogens with two attached hydrogens (primary N) is 1. The molecule has 0 spiro atoms. The van der Waals surface area contributed by atoms with Gasteiger partial charge in [0.25, 0.3) is 0 Å². The first-order valence-electron chi connectivity index (χ1n) is 5.34. The highest BCUT2D eigenvalue weighted by molar-refractivity contribution is 5.83. The largest absolute Gasteiger partial charge is 0.368 e. The number of carbonyl (C=O) groups excluding carboxylic acids is 1. The maximum Gasteiger partial charge on any atom is 0.239 e. The minimum atomic E-state index is -0.258. The van der Waals surface area contributed by atoms with Crippen molar-refractivity contribution in [3.8, 4) is 0 Å². The van der Waals surface area contributed by atoms with Crippen molar-refractivity contribution < 1.29 is 4.79 Å². The van der Waals surface area contributed by atoms with Crippen LogP contribution < -0.4 is 10.6 Å². The molecule has 0 aromatic heterocycles. The van der Waals surface area contributed by atoms with E-state index in [0.717, 1.165) is 25.1 Å². The highest BCUT2D eigenvalue weighted by Crippen LogP contribution is 2.28. The molecule has 0 aliphatic carbocycles. The minimum Gasteiger partial charge on any atom is -0.368 e. The summed E-state index contributed by atoms with van der Waals surface area (Å²) in [4.78, 5) is 13.3. The summed E-state index contributed by atoms with van der Waals surface area (Å²) in [5.41, 5.74) is 7.82. The summed E-state index contributed by atoms with van der Waals surface area (Å²) in [6, 6.07) is 8.01. The van der Waals surface area contributed by atoms with E-state index in [1.54, 1.807) is 0 Å². The predicted octanol–water partition coefficient (Wildman–Crippen LogP) is 1.31. The van der Waals surface area contributed by atoms with Crippen LogP contribution in [0.4, 0.5) is 5.69 Å². The third kappa shape index (κ3) is 1.82. The number of aryl methyl sites for hydroxylation is 1. The lowest BCUT2D eigenvalue weighted by Crippen LogP contribution is -2.45. The smallest absolute Gasteiger partial charge is 0.239 e. The Labute approximate surface area is 89.9 Å². The van der Waals surface area contributed by atoms with Crippen LogP contribution in [-0.4, -0.2) is 18.5 Å². The fraction of sp³-hybridized carbons (Fsp3) is 0.417. The van der Waals surface area contributed by atoms with E-state index in [4.69, 9.17) is 5.73 Å². The molecule has 1 aliphatic rings. The van der Waals surface area contributed by atoms with E-state index >= 15 is 0 Å². The molecule has 0 saturated carbocycles. The zero-order chi connectivity index (χ0) is 10.8. The highest BCUT2D eigenvalue weighted by atomic mass is 16.1. The summed E-state index contributed by atoms with van der Waals surface area (Å²) >= 11 is 0. The highest BCUT2D eigenvalue weighted by Gasteiger charge is 2.23. The molecule has 1 aromatic rings. The number of para-hydroxylation sites is 1. The van der Waals surface area contributed by atoms with Gasteiger partial charge in [0.05, 0.1) is 0 Å². The molecule has 15 heavy (non-hydrogen) atoms. The van der Waals surface area contributed by atoms with E-state index in [9.17, 15) is 4.79 Å². The Morgan fingerprint density at radius 1 is 1.47 bits per heavy atom. The second kappa shape index (κ2) is 3.93. The number of hydrogen-bond donors (Lipinski definition) is 1. The van der Waals surface area contributed by atoms with Gasteiger partial charge in [-0.25, -0.2) is 0 Å². The van der Waals surface area contributed by atoms with Crippen molar-refractivity contribution in [2.24, 2.45) is 5.73 Å². The monoisotopic (exact) mass is 204 g/mol. The molecule has 0 unspecified atom stereocenters. The third-order valence-electron chi connectivity index (χ3n) is 3.03. The van der Waals surface area contributed by atoms with Crippen LogP contribution in [0.1, 0.15) is 18.9 Å². The van der Waals surface area contributed by atoms with Gasteiger partial charge >= 0.3 is 0 Å². The van der Waals surface area contributed by atoms with Gasteiger partial charge in [0.15, 0.2) is 0 Å². The van der Waals surface area contributed by atoms with Gasteiger partial charge in [0, 0.05) is 12.2 Å². The number of amides is 1. The Kier molecular flexibility index (Phi) is 2.62. The Morgan fingerprint density at radius 2 is 2.20 bits per heavy atom. The first-order chi connectivity index (χ1) is 7.20. The van der Waals surface area contributed by atoms with Crippen LogP contribution in [-0.2, 0) is 11.2 Å². The molecule has 3 heteroatoms. The second-order valence-corrected chi connectivity index (χ2v) is 4.00. The quantitative estimate of drug-likeness (QED) is 0.789. The number of nitrogens with zero attached hydrogens (tertiary/aromatic N) is 1. The van der Waals surface area contributed by atoms with Crippen molar-refractivity contribution in [2.75, 3.05) is 11.4 Å². The molecular weight excluding hydrogens is 188 g/mol. The molecule has 1 aliphatic heterocycles. The van der Waals surface area contributed by atoms with Crippen molar-refractivity contribution >= 4 is 11.6 Å². The van der Waals surface area contributed by atoms with Crippen LogP contribution >= 0.6 is 0 Å². The van der Waals surface area contributed by atoms with Crippen molar-refractivity contribution in [3.05, 3.63) is 29.8 Å². The number of hydrogen-bond acceptors (Lipinski definition) is 2. The van der Waals surface area contributed by atoms with Crippen LogP contribution in [0.25, 0.3) is 0 Å². The number of carbonyl (C=O) groups is 1. The van der Waals surface area contributed by atoms with Gasteiger partial charge < -0.3 is 10.6 Å². The van der Waals surface area contributed by atoms with Gasteiger partial charge in [-0.15, -0.1) is 0 Å². The topological polar surface area (TPSA) is 46.3 Å². The lowest BCUT2D eigenvalue weighted by atomic mass is 10.0. The molecule has 3 nitrogen and oxygen atoms in total. The molecule has 0 bridgehead atoms. The molecule has 1 amide bonds.